The van der Waals surface area contributed by atoms with Gasteiger partial charge < -0.3 is 20.7 Å². The molecule has 0 spiro atoms. The van der Waals surface area contributed by atoms with Gasteiger partial charge in [0, 0.05) is 24.5 Å². The number of rotatable bonds is 4. The summed E-state index contributed by atoms with van der Waals surface area (Å²) in [6.07, 6.45) is 2.67. The Balaban J connectivity index is 2.21. The van der Waals surface area contributed by atoms with E-state index >= 15 is 0 Å². The number of carbonyl (C=O) groups is 1. The first-order valence-corrected chi connectivity index (χ1v) is 6.58. The minimum Gasteiger partial charge on any atom is -0.508 e. The summed E-state index contributed by atoms with van der Waals surface area (Å²) in [6.45, 7) is 4.57. The Labute approximate surface area is 118 Å². The second-order valence-electron chi connectivity index (χ2n) is 4.81. The molecule has 0 atom stereocenters. The molecule has 2 rings (SSSR count). The van der Waals surface area contributed by atoms with Crippen molar-refractivity contribution in [2.75, 3.05) is 11.1 Å². The third-order valence-electron chi connectivity index (χ3n) is 3.08. The standard InChI is InChI=1S/C15H19N3O2/c1-3-6-18-9-11(16)7-13(18)15(20)17-12-5-4-10(2)14(19)8-12/h4-5,7-9,19H,3,6,16H2,1-2H3,(H,17,20). The van der Waals surface area contributed by atoms with Crippen LogP contribution < -0.4 is 11.1 Å². The number of hydrogen-bond acceptors (Lipinski definition) is 3. The van der Waals surface area contributed by atoms with Crippen LogP contribution in [0.1, 0.15) is 29.4 Å². The fourth-order valence-electron chi connectivity index (χ4n) is 2.03. The average Bonchev–Trinajstić information content (AvgIpc) is 2.75. The molecule has 0 unspecified atom stereocenters. The first-order valence-electron chi connectivity index (χ1n) is 6.58. The average molecular weight is 273 g/mol. The number of nitrogen functional groups attached to an aromatic ring is 1. The number of phenolic OH excluding ortho intramolecular Hbond substituents is 1. The second kappa shape index (κ2) is 5.69. The molecule has 2 aromatic rings. The van der Waals surface area contributed by atoms with E-state index in [1.165, 1.54) is 6.07 Å². The van der Waals surface area contributed by atoms with Crippen molar-refractivity contribution in [1.29, 1.82) is 0 Å². The topological polar surface area (TPSA) is 80.3 Å². The van der Waals surface area contributed by atoms with Gasteiger partial charge in [0.15, 0.2) is 0 Å². The first kappa shape index (κ1) is 14.0. The van der Waals surface area contributed by atoms with Crippen LogP contribution in [0, 0.1) is 6.92 Å². The number of hydrogen-bond donors (Lipinski definition) is 3. The van der Waals surface area contributed by atoms with Crippen molar-refractivity contribution in [3.05, 3.63) is 41.7 Å². The normalized spacial score (nSPS) is 10.5. The Bertz CT molecular complexity index is 632. The Hall–Kier alpha value is -2.43. The minimum atomic E-state index is -0.238. The van der Waals surface area contributed by atoms with Gasteiger partial charge in [-0.1, -0.05) is 13.0 Å². The highest BCUT2D eigenvalue weighted by atomic mass is 16.3. The van der Waals surface area contributed by atoms with Gasteiger partial charge in [-0.25, -0.2) is 0 Å². The quantitative estimate of drug-likeness (QED) is 0.801. The highest BCUT2D eigenvalue weighted by Gasteiger charge is 2.13. The molecule has 0 bridgehead atoms. The summed E-state index contributed by atoms with van der Waals surface area (Å²) in [5, 5.41) is 12.4. The molecular formula is C15H19N3O2. The number of carbonyl (C=O) groups excluding carboxylic acids is 1. The molecule has 0 aliphatic rings. The summed E-state index contributed by atoms with van der Waals surface area (Å²) in [7, 11) is 0. The molecule has 0 aliphatic heterocycles. The molecule has 1 amide bonds. The fourth-order valence-corrected chi connectivity index (χ4v) is 2.03. The van der Waals surface area contributed by atoms with E-state index in [2.05, 4.69) is 5.32 Å². The number of amides is 1. The maximum absolute atomic E-state index is 12.3. The molecule has 0 fully saturated rings. The third-order valence-corrected chi connectivity index (χ3v) is 3.08. The van der Waals surface area contributed by atoms with Gasteiger partial charge in [0.05, 0.1) is 5.69 Å². The number of nitrogens with one attached hydrogen (secondary N) is 1. The number of nitrogens with two attached hydrogens (primary N) is 1. The van der Waals surface area contributed by atoms with E-state index in [1.807, 2.05) is 11.5 Å². The van der Waals surface area contributed by atoms with E-state index in [4.69, 9.17) is 5.73 Å². The van der Waals surface area contributed by atoms with E-state index < -0.39 is 0 Å². The molecule has 1 aromatic carbocycles. The Morgan fingerprint density at radius 1 is 1.40 bits per heavy atom. The summed E-state index contributed by atoms with van der Waals surface area (Å²) in [5.41, 5.74) is 8.15. The number of phenols is 1. The predicted octanol–water partition coefficient (Wildman–Crippen LogP) is 2.75. The number of nitrogens with zero attached hydrogens (tertiary/aromatic N) is 1. The van der Waals surface area contributed by atoms with Gasteiger partial charge in [0.25, 0.3) is 5.91 Å². The van der Waals surface area contributed by atoms with Gasteiger partial charge in [-0.3, -0.25) is 4.79 Å². The Morgan fingerprint density at radius 3 is 2.80 bits per heavy atom. The second-order valence-corrected chi connectivity index (χ2v) is 4.81. The van der Waals surface area contributed by atoms with Gasteiger partial charge in [-0.05, 0) is 31.0 Å². The number of aryl methyl sites for hydroxylation is 2. The number of aromatic hydroxyl groups is 1. The lowest BCUT2D eigenvalue weighted by atomic mass is 10.2. The van der Waals surface area contributed by atoms with Crippen LogP contribution in [0.5, 0.6) is 5.75 Å². The SMILES string of the molecule is CCCn1cc(N)cc1C(=O)Nc1ccc(C)c(O)c1. The van der Waals surface area contributed by atoms with Crippen LogP contribution in [-0.4, -0.2) is 15.6 Å². The highest BCUT2D eigenvalue weighted by molar-refractivity contribution is 6.03. The van der Waals surface area contributed by atoms with E-state index in [9.17, 15) is 9.90 Å². The van der Waals surface area contributed by atoms with Crippen molar-refractivity contribution in [1.82, 2.24) is 4.57 Å². The molecule has 5 nitrogen and oxygen atoms in total. The van der Waals surface area contributed by atoms with Crippen LogP contribution in [0.2, 0.25) is 0 Å². The molecule has 1 aromatic heterocycles. The first-order chi connectivity index (χ1) is 9.51. The predicted molar refractivity (Wildman–Crippen MR) is 79.9 cm³/mol. The van der Waals surface area contributed by atoms with Crippen LogP contribution in [0.15, 0.2) is 30.5 Å². The smallest absolute Gasteiger partial charge is 0.272 e. The van der Waals surface area contributed by atoms with Crippen molar-refractivity contribution in [2.24, 2.45) is 0 Å². The van der Waals surface area contributed by atoms with Crippen molar-refractivity contribution in [3.8, 4) is 5.75 Å². The zero-order valence-electron chi connectivity index (χ0n) is 11.7. The maximum Gasteiger partial charge on any atom is 0.272 e. The van der Waals surface area contributed by atoms with Gasteiger partial charge in [0.1, 0.15) is 11.4 Å². The zero-order chi connectivity index (χ0) is 14.7. The van der Waals surface area contributed by atoms with Gasteiger partial charge >= 0.3 is 0 Å². The maximum atomic E-state index is 12.3. The van der Waals surface area contributed by atoms with Crippen LogP contribution in [0.3, 0.4) is 0 Å². The summed E-state index contributed by atoms with van der Waals surface area (Å²) < 4.78 is 1.83. The van der Waals surface area contributed by atoms with E-state index in [1.54, 1.807) is 31.3 Å². The van der Waals surface area contributed by atoms with Crippen molar-refractivity contribution < 1.29 is 9.90 Å². The van der Waals surface area contributed by atoms with Gasteiger partial charge in [0.2, 0.25) is 0 Å². The lowest BCUT2D eigenvalue weighted by Crippen LogP contribution is -2.16. The lowest BCUT2D eigenvalue weighted by Gasteiger charge is -2.09. The summed E-state index contributed by atoms with van der Waals surface area (Å²) >= 11 is 0. The van der Waals surface area contributed by atoms with Crippen LogP contribution in [0.25, 0.3) is 0 Å². The third kappa shape index (κ3) is 2.93. The van der Waals surface area contributed by atoms with Crippen LogP contribution in [0.4, 0.5) is 11.4 Å². The lowest BCUT2D eigenvalue weighted by molar-refractivity contribution is 0.101. The van der Waals surface area contributed by atoms with E-state index in [0.29, 0.717) is 17.1 Å². The molecule has 1 heterocycles. The highest BCUT2D eigenvalue weighted by Crippen LogP contribution is 2.22. The van der Waals surface area contributed by atoms with E-state index in [-0.39, 0.29) is 11.7 Å². The Morgan fingerprint density at radius 2 is 2.15 bits per heavy atom. The van der Waals surface area contributed by atoms with Crippen molar-refractivity contribution >= 4 is 17.3 Å². The number of benzene rings is 1. The molecule has 0 radical (unpaired) electrons. The van der Waals surface area contributed by atoms with Gasteiger partial charge in [-0.15, -0.1) is 0 Å². The summed E-state index contributed by atoms with van der Waals surface area (Å²) in [6, 6.07) is 6.69. The fraction of sp³-hybridized carbons (Fsp3) is 0.267. The molecule has 5 heteroatoms. The molecule has 4 N–H and O–H groups in total. The molecule has 0 saturated carbocycles. The Kier molecular flexibility index (Phi) is 3.98. The largest absolute Gasteiger partial charge is 0.508 e. The molecule has 106 valence electrons. The molecular weight excluding hydrogens is 254 g/mol. The molecule has 0 saturated heterocycles. The zero-order valence-corrected chi connectivity index (χ0v) is 11.7. The van der Waals surface area contributed by atoms with Crippen LogP contribution >= 0.6 is 0 Å². The van der Waals surface area contributed by atoms with Crippen molar-refractivity contribution in [2.45, 2.75) is 26.8 Å². The van der Waals surface area contributed by atoms with E-state index in [0.717, 1.165) is 18.5 Å². The molecule has 0 aliphatic carbocycles. The minimum absolute atomic E-state index is 0.159. The monoisotopic (exact) mass is 273 g/mol. The number of anilines is 2. The van der Waals surface area contributed by atoms with Gasteiger partial charge in [-0.2, -0.15) is 0 Å². The molecule has 20 heavy (non-hydrogen) atoms. The summed E-state index contributed by atoms with van der Waals surface area (Å²) in [4.78, 5) is 12.3. The van der Waals surface area contributed by atoms with Crippen LogP contribution in [-0.2, 0) is 6.54 Å². The summed E-state index contributed by atoms with van der Waals surface area (Å²) in [5.74, 6) is -0.0790. The van der Waals surface area contributed by atoms with Crippen molar-refractivity contribution in [3.63, 3.8) is 0 Å². The number of aromatic nitrogens is 1.